The molecule has 0 saturated carbocycles. The molecule has 2 amide bonds. The summed E-state index contributed by atoms with van der Waals surface area (Å²) in [6, 6.07) is 2.01. The van der Waals surface area contributed by atoms with Crippen molar-refractivity contribution in [1.29, 1.82) is 0 Å². The van der Waals surface area contributed by atoms with Gasteiger partial charge in [0.15, 0.2) is 0 Å². The maximum atomic E-state index is 12.7. The Morgan fingerprint density at radius 2 is 1.89 bits per heavy atom. The van der Waals surface area contributed by atoms with Crippen LogP contribution in [0.4, 0.5) is 17.6 Å². The van der Waals surface area contributed by atoms with Crippen molar-refractivity contribution in [2.75, 3.05) is 0 Å². The van der Waals surface area contributed by atoms with E-state index in [9.17, 15) is 27.2 Å². The van der Waals surface area contributed by atoms with Crippen molar-refractivity contribution in [2.45, 2.75) is 12.7 Å². The smallest absolute Gasteiger partial charge is 0.361 e. The van der Waals surface area contributed by atoms with Crippen LogP contribution < -0.4 is 11.1 Å². The van der Waals surface area contributed by atoms with Gasteiger partial charge in [-0.3, -0.25) is 9.59 Å². The van der Waals surface area contributed by atoms with Crippen LogP contribution in [0.25, 0.3) is 0 Å². The summed E-state index contributed by atoms with van der Waals surface area (Å²) in [7, 11) is 0. The van der Waals surface area contributed by atoms with E-state index < -0.39 is 35.9 Å². The minimum Gasteiger partial charge on any atom is -0.361 e. The molecule has 98 valence electrons. The van der Waals surface area contributed by atoms with E-state index in [-0.39, 0.29) is 5.56 Å². The lowest BCUT2D eigenvalue weighted by Gasteiger charge is -2.13. The van der Waals surface area contributed by atoms with Crippen LogP contribution in [0.15, 0.2) is 18.2 Å². The van der Waals surface area contributed by atoms with Gasteiger partial charge in [0.05, 0.1) is 5.56 Å². The average molecular weight is 264 g/mol. The molecule has 0 spiro atoms. The van der Waals surface area contributed by atoms with Crippen LogP contribution in [0.2, 0.25) is 0 Å². The first-order valence-corrected chi connectivity index (χ1v) is 4.65. The van der Waals surface area contributed by atoms with E-state index in [1.54, 1.807) is 0 Å². The summed E-state index contributed by atoms with van der Waals surface area (Å²) in [4.78, 5) is 21.2. The Kier molecular flexibility index (Phi) is 3.89. The van der Waals surface area contributed by atoms with Crippen LogP contribution in [0.1, 0.15) is 11.1 Å². The molecule has 0 atom stereocenters. The van der Waals surface area contributed by atoms with E-state index in [0.717, 1.165) is 12.1 Å². The van der Waals surface area contributed by atoms with Gasteiger partial charge in [0.2, 0.25) is 0 Å². The van der Waals surface area contributed by atoms with Gasteiger partial charge in [-0.25, -0.2) is 4.39 Å². The fourth-order valence-electron chi connectivity index (χ4n) is 1.23. The maximum Gasteiger partial charge on any atom is 0.416 e. The molecular formula is C10H8F4N2O2. The van der Waals surface area contributed by atoms with Crippen LogP contribution in [0.5, 0.6) is 0 Å². The SMILES string of the molecule is NC(=O)C(=O)NCc1ccc(F)cc1C(F)(F)F. The molecule has 0 heterocycles. The molecule has 0 bridgehead atoms. The molecule has 3 N–H and O–H groups in total. The lowest BCUT2D eigenvalue weighted by molar-refractivity contribution is -0.139. The van der Waals surface area contributed by atoms with Gasteiger partial charge in [-0.05, 0) is 17.7 Å². The summed E-state index contributed by atoms with van der Waals surface area (Å²) in [5.41, 5.74) is 3.04. The zero-order valence-electron chi connectivity index (χ0n) is 8.84. The van der Waals surface area contributed by atoms with Crippen LogP contribution >= 0.6 is 0 Å². The molecular weight excluding hydrogens is 256 g/mol. The monoisotopic (exact) mass is 264 g/mol. The van der Waals surface area contributed by atoms with Crippen molar-refractivity contribution in [1.82, 2.24) is 5.32 Å². The zero-order valence-corrected chi connectivity index (χ0v) is 8.84. The summed E-state index contributed by atoms with van der Waals surface area (Å²) >= 11 is 0. The van der Waals surface area contributed by atoms with Crippen molar-refractivity contribution < 1.29 is 27.2 Å². The normalized spacial score (nSPS) is 11.1. The molecule has 0 unspecified atom stereocenters. The molecule has 0 fully saturated rings. The van der Waals surface area contributed by atoms with Gasteiger partial charge in [-0.2, -0.15) is 13.2 Å². The summed E-state index contributed by atoms with van der Waals surface area (Å²) in [6.45, 7) is -0.573. The standard InChI is InChI=1S/C10H8F4N2O2/c11-6-2-1-5(4-16-9(18)8(15)17)7(3-6)10(12,13)14/h1-3H,4H2,(H2,15,17)(H,16,18). The summed E-state index contributed by atoms with van der Waals surface area (Å²) in [5, 5.41) is 1.89. The Morgan fingerprint density at radius 1 is 1.28 bits per heavy atom. The summed E-state index contributed by atoms with van der Waals surface area (Å²) in [6.07, 6.45) is -4.76. The zero-order chi connectivity index (χ0) is 13.9. The van der Waals surface area contributed by atoms with Crippen molar-refractivity contribution >= 4 is 11.8 Å². The van der Waals surface area contributed by atoms with Gasteiger partial charge in [-0.15, -0.1) is 0 Å². The molecule has 4 nitrogen and oxygen atoms in total. The van der Waals surface area contributed by atoms with E-state index in [1.165, 1.54) is 0 Å². The summed E-state index contributed by atoms with van der Waals surface area (Å²) < 4.78 is 50.4. The minimum absolute atomic E-state index is 0.311. The molecule has 1 rings (SSSR count). The Hall–Kier alpha value is -2.12. The van der Waals surface area contributed by atoms with Gasteiger partial charge in [0.25, 0.3) is 0 Å². The third kappa shape index (κ3) is 3.44. The molecule has 0 saturated heterocycles. The van der Waals surface area contributed by atoms with Crippen LogP contribution in [-0.2, 0) is 22.3 Å². The number of rotatable bonds is 2. The van der Waals surface area contributed by atoms with E-state index in [4.69, 9.17) is 0 Å². The molecule has 0 aromatic heterocycles. The number of primary amides is 1. The predicted molar refractivity (Wildman–Crippen MR) is 52.4 cm³/mol. The highest BCUT2D eigenvalue weighted by Crippen LogP contribution is 2.32. The second-order valence-corrected chi connectivity index (χ2v) is 3.35. The second kappa shape index (κ2) is 5.03. The first-order chi connectivity index (χ1) is 8.21. The Balaban J connectivity index is 2.96. The predicted octanol–water partition coefficient (Wildman–Crippen LogP) is 0.946. The number of nitrogens with one attached hydrogen (secondary N) is 1. The first kappa shape index (κ1) is 13.9. The van der Waals surface area contributed by atoms with Crippen LogP contribution in [0, 0.1) is 5.82 Å². The summed E-state index contributed by atoms with van der Waals surface area (Å²) in [5.74, 6) is -3.58. The second-order valence-electron chi connectivity index (χ2n) is 3.35. The highest BCUT2D eigenvalue weighted by atomic mass is 19.4. The highest BCUT2D eigenvalue weighted by Gasteiger charge is 2.33. The molecule has 8 heteroatoms. The molecule has 0 aliphatic rings. The third-order valence-corrected chi connectivity index (χ3v) is 2.04. The van der Waals surface area contributed by atoms with Crippen molar-refractivity contribution in [3.05, 3.63) is 35.1 Å². The number of nitrogens with two attached hydrogens (primary N) is 1. The molecule has 1 aromatic rings. The number of carbonyl (C=O) groups is 2. The number of alkyl halides is 3. The number of hydrogen-bond donors (Lipinski definition) is 2. The topological polar surface area (TPSA) is 72.2 Å². The lowest BCUT2D eigenvalue weighted by atomic mass is 10.1. The van der Waals surface area contributed by atoms with Crippen LogP contribution in [-0.4, -0.2) is 11.8 Å². The van der Waals surface area contributed by atoms with Gasteiger partial charge in [0.1, 0.15) is 5.82 Å². The fourth-order valence-corrected chi connectivity index (χ4v) is 1.23. The van der Waals surface area contributed by atoms with Gasteiger partial charge in [-0.1, -0.05) is 6.07 Å². The first-order valence-electron chi connectivity index (χ1n) is 4.65. The van der Waals surface area contributed by atoms with Gasteiger partial charge < -0.3 is 11.1 Å². The van der Waals surface area contributed by atoms with Crippen molar-refractivity contribution in [2.24, 2.45) is 5.73 Å². The number of hydrogen-bond acceptors (Lipinski definition) is 2. The van der Waals surface area contributed by atoms with Crippen molar-refractivity contribution in [3.8, 4) is 0 Å². The third-order valence-electron chi connectivity index (χ3n) is 2.04. The van der Waals surface area contributed by atoms with Crippen LogP contribution in [0.3, 0.4) is 0 Å². The highest BCUT2D eigenvalue weighted by molar-refractivity contribution is 6.34. The fraction of sp³-hybridized carbons (Fsp3) is 0.200. The van der Waals surface area contributed by atoms with E-state index >= 15 is 0 Å². The minimum atomic E-state index is -4.76. The molecule has 1 aromatic carbocycles. The van der Waals surface area contributed by atoms with E-state index in [2.05, 4.69) is 5.73 Å². The van der Waals surface area contributed by atoms with Gasteiger partial charge >= 0.3 is 18.0 Å². The van der Waals surface area contributed by atoms with Crippen molar-refractivity contribution in [3.63, 3.8) is 0 Å². The maximum absolute atomic E-state index is 12.7. The molecule has 0 aliphatic carbocycles. The Bertz CT molecular complexity index is 485. The average Bonchev–Trinajstić information content (AvgIpc) is 2.25. The number of carbonyl (C=O) groups excluding carboxylic acids is 2. The number of amides is 2. The molecule has 0 radical (unpaired) electrons. The van der Waals surface area contributed by atoms with E-state index in [0.29, 0.717) is 6.07 Å². The number of halogens is 4. The Labute approximate surface area is 98.8 Å². The molecule has 18 heavy (non-hydrogen) atoms. The largest absolute Gasteiger partial charge is 0.416 e. The quantitative estimate of drug-likeness (QED) is 0.616. The van der Waals surface area contributed by atoms with Gasteiger partial charge in [0, 0.05) is 6.54 Å². The Morgan fingerprint density at radius 3 is 2.39 bits per heavy atom. The lowest BCUT2D eigenvalue weighted by Crippen LogP contribution is -2.35. The number of benzene rings is 1. The molecule has 0 aliphatic heterocycles. The van der Waals surface area contributed by atoms with E-state index in [1.807, 2.05) is 5.32 Å².